The lowest BCUT2D eigenvalue weighted by Gasteiger charge is -2.06. The maximum atomic E-state index is 12.1. The van der Waals surface area contributed by atoms with Crippen LogP contribution >= 0.6 is 0 Å². The van der Waals surface area contributed by atoms with E-state index in [0.717, 1.165) is 0 Å². The standard InChI is InChI=1S/C11H13N5O2/c1-16-11(13-14-15-16)6-10(17)8-5-7(18-2)3-4-9(8)12/h3-5H,6,12H2,1-2H3. The Morgan fingerprint density at radius 2 is 2.28 bits per heavy atom. The van der Waals surface area contributed by atoms with Crippen LogP contribution in [0.4, 0.5) is 5.69 Å². The maximum Gasteiger partial charge on any atom is 0.172 e. The van der Waals surface area contributed by atoms with Gasteiger partial charge in [-0.05, 0) is 28.6 Å². The Hall–Kier alpha value is -2.44. The van der Waals surface area contributed by atoms with Crippen molar-refractivity contribution in [2.75, 3.05) is 12.8 Å². The number of ketones is 1. The van der Waals surface area contributed by atoms with Crippen molar-refractivity contribution >= 4 is 11.5 Å². The number of hydrogen-bond acceptors (Lipinski definition) is 6. The number of nitrogens with zero attached hydrogens (tertiary/aromatic N) is 4. The molecule has 0 aliphatic rings. The van der Waals surface area contributed by atoms with E-state index in [2.05, 4.69) is 15.5 Å². The van der Waals surface area contributed by atoms with E-state index in [1.54, 1.807) is 25.2 Å². The molecular formula is C11H13N5O2. The predicted octanol–water partition coefficient (Wildman–Crippen LogP) is 0.226. The SMILES string of the molecule is COc1ccc(N)c(C(=O)Cc2nnnn2C)c1. The number of nitrogen functional groups attached to an aromatic ring is 1. The van der Waals surface area contributed by atoms with Gasteiger partial charge in [0.05, 0.1) is 13.5 Å². The second-order valence-corrected chi connectivity index (χ2v) is 3.77. The van der Waals surface area contributed by atoms with Crippen molar-refractivity contribution in [3.05, 3.63) is 29.6 Å². The number of methoxy groups -OCH3 is 1. The Morgan fingerprint density at radius 1 is 1.50 bits per heavy atom. The van der Waals surface area contributed by atoms with Gasteiger partial charge in [0, 0.05) is 18.3 Å². The summed E-state index contributed by atoms with van der Waals surface area (Å²) in [6.45, 7) is 0. The van der Waals surface area contributed by atoms with Gasteiger partial charge >= 0.3 is 0 Å². The van der Waals surface area contributed by atoms with E-state index in [0.29, 0.717) is 22.8 Å². The molecule has 1 heterocycles. The smallest absolute Gasteiger partial charge is 0.172 e. The van der Waals surface area contributed by atoms with Crippen molar-refractivity contribution in [1.29, 1.82) is 0 Å². The Bertz CT molecular complexity index is 579. The van der Waals surface area contributed by atoms with Crippen LogP contribution in [0, 0.1) is 0 Å². The van der Waals surface area contributed by atoms with Gasteiger partial charge in [0.1, 0.15) is 5.75 Å². The number of benzene rings is 1. The Balaban J connectivity index is 2.26. The first kappa shape index (κ1) is 12.0. The molecular weight excluding hydrogens is 234 g/mol. The van der Waals surface area contributed by atoms with Crippen LogP contribution in [0.2, 0.25) is 0 Å². The molecule has 94 valence electrons. The summed E-state index contributed by atoms with van der Waals surface area (Å²) in [5.74, 6) is 0.926. The lowest BCUT2D eigenvalue weighted by atomic mass is 10.1. The fourth-order valence-corrected chi connectivity index (χ4v) is 1.54. The number of carbonyl (C=O) groups excluding carboxylic acids is 1. The molecule has 0 spiro atoms. The molecule has 0 saturated heterocycles. The zero-order chi connectivity index (χ0) is 13.1. The van der Waals surface area contributed by atoms with Crippen LogP contribution in [0.15, 0.2) is 18.2 Å². The zero-order valence-electron chi connectivity index (χ0n) is 10.1. The van der Waals surface area contributed by atoms with Gasteiger partial charge < -0.3 is 10.5 Å². The van der Waals surface area contributed by atoms with Gasteiger partial charge in [-0.15, -0.1) is 5.10 Å². The van der Waals surface area contributed by atoms with Gasteiger partial charge in [-0.3, -0.25) is 4.79 Å². The minimum absolute atomic E-state index is 0.0981. The number of ether oxygens (including phenoxy) is 1. The van der Waals surface area contributed by atoms with Crippen LogP contribution < -0.4 is 10.5 Å². The molecule has 0 radical (unpaired) electrons. The maximum absolute atomic E-state index is 12.1. The van der Waals surface area contributed by atoms with Crippen molar-refractivity contribution in [2.45, 2.75) is 6.42 Å². The van der Waals surface area contributed by atoms with E-state index in [-0.39, 0.29) is 12.2 Å². The lowest BCUT2D eigenvalue weighted by Crippen LogP contribution is -2.11. The predicted molar refractivity (Wildman–Crippen MR) is 64.2 cm³/mol. The Morgan fingerprint density at radius 3 is 2.89 bits per heavy atom. The van der Waals surface area contributed by atoms with Crippen molar-refractivity contribution in [2.24, 2.45) is 7.05 Å². The minimum Gasteiger partial charge on any atom is -0.497 e. The zero-order valence-corrected chi connectivity index (χ0v) is 10.1. The second-order valence-electron chi connectivity index (χ2n) is 3.77. The summed E-state index contributed by atoms with van der Waals surface area (Å²) in [6, 6.07) is 4.96. The summed E-state index contributed by atoms with van der Waals surface area (Å²) < 4.78 is 6.52. The Labute approximate surface area is 104 Å². The number of aromatic nitrogens is 4. The van der Waals surface area contributed by atoms with Crippen LogP contribution in [0.1, 0.15) is 16.2 Å². The monoisotopic (exact) mass is 247 g/mol. The molecule has 1 aromatic carbocycles. The fourth-order valence-electron chi connectivity index (χ4n) is 1.54. The number of tetrazole rings is 1. The summed E-state index contributed by atoms with van der Waals surface area (Å²) in [5, 5.41) is 10.9. The molecule has 2 rings (SSSR count). The average Bonchev–Trinajstić information content (AvgIpc) is 2.75. The molecule has 0 aliphatic carbocycles. The van der Waals surface area contributed by atoms with Gasteiger partial charge in [-0.2, -0.15) is 0 Å². The molecule has 0 unspecified atom stereocenters. The third kappa shape index (κ3) is 2.29. The number of nitrogens with two attached hydrogens (primary N) is 1. The summed E-state index contributed by atoms with van der Waals surface area (Å²) in [5.41, 5.74) is 6.60. The molecule has 0 bridgehead atoms. The van der Waals surface area contributed by atoms with E-state index in [1.165, 1.54) is 11.8 Å². The van der Waals surface area contributed by atoms with Crippen molar-refractivity contribution < 1.29 is 9.53 Å². The number of hydrogen-bond donors (Lipinski definition) is 1. The highest BCUT2D eigenvalue weighted by atomic mass is 16.5. The molecule has 0 atom stereocenters. The number of anilines is 1. The van der Waals surface area contributed by atoms with Crippen molar-refractivity contribution in [3.8, 4) is 5.75 Å². The van der Waals surface area contributed by atoms with Crippen molar-refractivity contribution in [1.82, 2.24) is 20.2 Å². The minimum atomic E-state index is -0.149. The summed E-state index contributed by atoms with van der Waals surface area (Å²) in [7, 11) is 3.21. The summed E-state index contributed by atoms with van der Waals surface area (Å²) in [4.78, 5) is 12.1. The number of Topliss-reactive ketones (excluding diaryl/α,β-unsaturated/α-hetero) is 1. The summed E-state index contributed by atoms with van der Waals surface area (Å²) in [6.07, 6.45) is 0.0981. The lowest BCUT2D eigenvalue weighted by molar-refractivity contribution is 0.0990. The quantitative estimate of drug-likeness (QED) is 0.613. The van der Waals surface area contributed by atoms with Crippen molar-refractivity contribution in [3.63, 3.8) is 0 Å². The largest absolute Gasteiger partial charge is 0.497 e. The molecule has 0 aliphatic heterocycles. The third-order valence-corrected chi connectivity index (χ3v) is 2.59. The topological polar surface area (TPSA) is 95.9 Å². The molecule has 2 aromatic rings. The third-order valence-electron chi connectivity index (χ3n) is 2.59. The molecule has 0 saturated carbocycles. The van der Waals surface area contributed by atoms with Crippen LogP contribution in [-0.2, 0) is 13.5 Å². The van der Waals surface area contributed by atoms with Crippen LogP contribution in [-0.4, -0.2) is 33.1 Å². The van der Waals surface area contributed by atoms with E-state index in [9.17, 15) is 4.79 Å². The van der Waals surface area contributed by atoms with Crippen LogP contribution in [0.5, 0.6) is 5.75 Å². The van der Waals surface area contributed by atoms with E-state index < -0.39 is 0 Å². The second kappa shape index (κ2) is 4.82. The average molecular weight is 247 g/mol. The fraction of sp³-hybridized carbons (Fsp3) is 0.273. The first-order valence-corrected chi connectivity index (χ1v) is 5.29. The van der Waals surface area contributed by atoms with Gasteiger partial charge in [-0.1, -0.05) is 0 Å². The molecule has 7 nitrogen and oxygen atoms in total. The highest BCUT2D eigenvalue weighted by molar-refractivity contribution is 6.02. The molecule has 7 heteroatoms. The highest BCUT2D eigenvalue weighted by Crippen LogP contribution is 2.20. The van der Waals surface area contributed by atoms with Crippen LogP contribution in [0.3, 0.4) is 0 Å². The molecule has 18 heavy (non-hydrogen) atoms. The summed E-state index contributed by atoms with van der Waals surface area (Å²) >= 11 is 0. The van der Waals surface area contributed by atoms with Gasteiger partial charge in [0.2, 0.25) is 0 Å². The van der Waals surface area contributed by atoms with E-state index in [1.807, 2.05) is 0 Å². The molecule has 0 amide bonds. The molecule has 2 N–H and O–H groups in total. The normalized spacial score (nSPS) is 10.3. The van der Waals surface area contributed by atoms with Gasteiger partial charge in [0.25, 0.3) is 0 Å². The highest BCUT2D eigenvalue weighted by Gasteiger charge is 2.15. The van der Waals surface area contributed by atoms with Gasteiger partial charge in [0.15, 0.2) is 11.6 Å². The number of aryl methyl sites for hydroxylation is 1. The van der Waals surface area contributed by atoms with E-state index >= 15 is 0 Å². The molecule has 1 aromatic heterocycles. The number of rotatable bonds is 4. The number of carbonyl (C=O) groups is 1. The van der Waals surface area contributed by atoms with Gasteiger partial charge in [-0.25, -0.2) is 4.68 Å². The first-order chi connectivity index (χ1) is 8.61. The van der Waals surface area contributed by atoms with E-state index in [4.69, 9.17) is 10.5 Å². The molecule has 0 fully saturated rings. The Kier molecular flexibility index (Phi) is 3.22. The van der Waals surface area contributed by atoms with Crippen LogP contribution in [0.25, 0.3) is 0 Å². The first-order valence-electron chi connectivity index (χ1n) is 5.29.